The monoisotopic (exact) mass is 358 g/mol. The van der Waals surface area contributed by atoms with Gasteiger partial charge in [0.25, 0.3) is 0 Å². The summed E-state index contributed by atoms with van der Waals surface area (Å²) in [6, 6.07) is 11.3. The second-order valence-corrected chi connectivity index (χ2v) is 7.97. The van der Waals surface area contributed by atoms with E-state index >= 15 is 0 Å². The van der Waals surface area contributed by atoms with Crippen molar-refractivity contribution in [2.75, 3.05) is 12.3 Å². The van der Waals surface area contributed by atoms with Crippen molar-refractivity contribution in [3.63, 3.8) is 0 Å². The van der Waals surface area contributed by atoms with Crippen LogP contribution in [0.15, 0.2) is 41.1 Å². The maximum atomic E-state index is 5.85. The van der Waals surface area contributed by atoms with Gasteiger partial charge in [-0.3, -0.25) is 0 Å². The van der Waals surface area contributed by atoms with Gasteiger partial charge in [0.05, 0.1) is 0 Å². The molecule has 0 bridgehead atoms. The number of hydrogen-bond acceptors (Lipinski definition) is 3. The Morgan fingerprint density at radius 3 is 2.48 bits per heavy atom. The first-order valence-electron chi connectivity index (χ1n) is 9.79. The second-order valence-electron chi connectivity index (χ2n) is 7.19. The highest BCUT2D eigenvalue weighted by atomic mass is 32.1. The molecule has 25 heavy (non-hydrogen) atoms. The quantitative estimate of drug-likeness (QED) is 0.361. The van der Waals surface area contributed by atoms with E-state index in [0.29, 0.717) is 12.0 Å². The molecular formula is C22H34N2S. The van der Waals surface area contributed by atoms with Gasteiger partial charge in [0.15, 0.2) is 0 Å². The Hall–Kier alpha value is -1.32. The largest absolute Gasteiger partial charge is 0.399 e. The van der Waals surface area contributed by atoms with Crippen molar-refractivity contribution in [1.82, 2.24) is 5.32 Å². The van der Waals surface area contributed by atoms with Crippen LogP contribution in [0.5, 0.6) is 0 Å². The number of nitrogen functional groups attached to an aromatic ring is 1. The fourth-order valence-corrected chi connectivity index (χ4v) is 4.10. The highest BCUT2D eigenvalue weighted by Gasteiger charge is 2.11. The maximum Gasteiger partial charge on any atom is 0.0314 e. The molecule has 0 spiro atoms. The molecule has 0 radical (unpaired) electrons. The molecule has 2 aromatic rings. The van der Waals surface area contributed by atoms with Gasteiger partial charge < -0.3 is 11.1 Å². The van der Waals surface area contributed by atoms with Crippen LogP contribution in [0.25, 0.3) is 0 Å². The lowest BCUT2D eigenvalue weighted by Crippen LogP contribution is -2.29. The zero-order chi connectivity index (χ0) is 17.9. The zero-order valence-corrected chi connectivity index (χ0v) is 16.7. The summed E-state index contributed by atoms with van der Waals surface area (Å²) in [5.41, 5.74) is 9.61. The Balaban J connectivity index is 1.75. The molecule has 0 amide bonds. The molecule has 0 aliphatic carbocycles. The molecule has 3 heteroatoms. The second kappa shape index (κ2) is 11.3. The van der Waals surface area contributed by atoms with E-state index in [2.05, 4.69) is 48.1 Å². The molecule has 1 heterocycles. The molecule has 3 N–H and O–H groups in total. The number of hydrogen-bond donors (Lipinski definition) is 2. The molecule has 2 atom stereocenters. The zero-order valence-electron chi connectivity index (χ0n) is 15.8. The number of nitrogens with two attached hydrogens (primary N) is 1. The average Bonchev–Trinajstić information content (AvgIpc) is 3.11. The summed E-state index contributed by atoms with van der Waals surface area (Å²) in [7, 11) is 0. The summed E-state index contributed by atoms with van der Waals surface area (Å²) in [6.07, 6.45) is 8.86. The molecule has 1 aromatic carbocycles. The third-order valence-electron chi connectivity index (χ3n) is 4.91. The van der Waals surface area contributed by atoms with Crippen LogP contribution in [-0.4, -0.2) is 12.6 Å². The fraction of sp³-hybridized carbons (Fsp3) is 0.545. The molecule has 2 rings (SSSR count). The minimum Gasteiger partial charge on any atom is -0.399 e. The van der Waals surface area contributed by atoms with Gasteiger partial charge in [-0.25, -0.2) is 0 Å². The van der Waals surface area contributed by atoms with E-state index in [9.17, 15) is 0 Å². The average molecular weight is 359 g/mol. The normalized spacial score (nSPS) is 13.7. The number of thiophene rings is 1. The van der Waals surface area contributed by atoms with Crippen molar-refractivity contribution in [2.45, 2.75) is 70.8 Å². The Labute approximate surface area is 157 Å². The minimum absolute atomic E-state index is 0.546. The summed E-state index contributed by atoms with van der Waals surface area (Å²) < 4.78 is 0. The predicted molar refractivity (Wildman–Crippen MR) is 112 cm³/mol. The van der Waals surface area contributed by atoms with Gasteiger partial charge in [-0.2, -0.15) is 11.3 Å². The summed E-state index contributed by atoms with van der Waals surface area (Å²) in [6.45, 7) is 5.66. The van der Waals surface area contributed by atoms with Crippen LogP contribution in [0.2, 0.25) is 0 Å². The van der Waals surface area contributed by atoms with Gasteiger partial charge in [0.2, 0.25) is 0 Å². The van der Waals surface area contributed by atoms with Crippen molar-refractivity contribution >= 4 is 17.0 Å². The van der Waals surface area contributed by atoms with Gasteiger partial charge in [-0.05, 0) is 85.2 Å². The molecule has 138 valence electrons. The van der Waals surface area contributed by atoms with Crippen LogP contribution in [0.3, 0.4) is 0 Å². The third kappa shape index (κ3) is 7.62. The number of unbranched alkanes of at least 4 members (excludes halogenated alkanes) is 2. The van der Waals surface area contributed by atoms with Crippen molar-refractivity contribution in [3.05, 3.63) is 52.2 Å². The number of rotatable bonds is 12. The van der Waals surface area contributed by atoms with Crippen LogP contribution < -0.4 is 11.1 Å². The number of benzene rings is 1. The van der Waals surface area contributed by atoms with Crippen LogP contribution in [0.4, 0.5) is 5.69 Å². The summed E-state index contributed by atoms with van der Waals surface area (Å²) in [5, 5.41) is 8.10. The van der Waals surface area contributed by atoms with Crippen LogP contribution >= 0.6 is 11.3 Å². The molecular weight excluding hydrogens is 324 g/mol. The molecule has 0 fully saturated rings. The van der Waals surface area contributed by atoms with Gasteiger partial charge in [-0.15, -0.1) is 0 Å². The number of anilines is 1. The van der Waals surface area contributed by atoms with Gasteiger partial charge in [0, 0.05) is 11.7 Å². The summed E-state index contributed by atoms with van der Waals surface area (Å²) >= 11 is 1.79. The van der Waals surface area contributed by atoms with Crippen LogP contribution in [-0.2, 0) is 6.42 Å². The van der Waals surface area contributed by atoms with Gasteiger partial charge in [-0.1, -0.05) is 38.3 Å². The highest BCUT2D eigenvalue weighted by molar-refractivity contribution is 7.07. The molecule has 0 saturated heterocycles. The standard InChI is InChI=1S/C22H34N2S/c1-3-4-5-7-20(21-9-11-22(23)12-10-21)8-6-14-24-18(2)16-19-13-15-25-17-19/h9-13,15,17-18,20,24H,3-8,14,16,23H2,1-2H3. The van der Waals surface area contributed by atoms with E-state index in [1.165, 1.54) is 49.7 Å². The first-order valence-corrected chi connectivity index (χ1v) is 10.7. The van der Waals surface area contributed by atoms with Crippen LogP contribution in [0, 0.1) is 0 Å². The van der Waals surface area contributed by atoms with E-state index < -0.39 is 0 Å². The van der Waals surface area contributed by atoms with Crippen molar-refractivity contribution in [2.24, 2.45) is 0 Å². The highest BCUT2D eigenvalue weighted by Crippen LogP contribution is 2.28. The lowest BCUT2D eigenvalue weighted by Gasteiger charge is -2.19. The van der Waals surface area contributed by atoms with Crippen molar-refractivity contribution in [3.8, 4) is 0 Å². The fourth-order valence-electron chi connectivity index (χ4n) is 3.42. The van der Waals surface area contributed by atoms with Crippen LogP contribution in [0.1, 0.15) is 69.4 Å². The Morgan fingerprint density at radius 1 is 1.04 bits per heavy atom. The summed E-state index contributed by atoms with van der Waals surface area (Å²) in [5.74, 6) is 0.668. The Morgan fingerprint density at radius 2 is 1.80 bits per heavy atom. The van der Waals surface area contributed by atoms with Crippen molar-refractivity contribution < 1.29 is 0 Å². The van der Waals surface area contributed by atoms with Crippen molar-refractivity contribution in [1.29, 1.82) is 0 Å². The Kier molecular flexibility index (Phi) is 9.06. The maximum absolute atomic E-state index is 5.85. The van der Waals surface area contributed by atoms with Gasteiger partial charge in [0.1, 0.15) is 0 Å². The Bertz CT molecular complexity index is 562. The topological polar surface area (TPSA) is 38.0 Å². The minimum atomic E-state index is 0.546. The first-order chi connectivity index (χ1) is 12.2. The lowest BCUT2D eigenvalue weighted by molar-refractivity contribution is 0.478. The van der Waals surface area contributed by atoms with E-state index in [0.717, 1.165) is 18.7 Å². The van der Waals surface area contributed by atoms with E-state index in [1.807, 2.05) is 12.1 Å². The molecule has 2 nitrogen and oxygen atoms in total. The van der Waals surface area contributed by atoms with Gasteiger partial charge >= 0.3 is 0 Å². The van der Waals surface area contributed by atoms with E-state index in [1.54, 1.807) is 11.3 Å². The smallest absolute Gasteiger partial charge is 0.0314 e. The molecule has 2 unspecified atom stereocenters. The molecule has 0 saturated carbocycles. The van der Waals surface area contributed by atoms with E-state index in [4.69, 9.17) is 5.73 Å². The summed E-state index contributed by atoms with van der Waals surface area (Å²) in [4.78, 5) is 0. The predicted octanol–water partition coefficient (Wildman–Crippen LogP) is 6.00. The molecule has 0 aliphatic rings. The first kappa shape index (κ1) is 20.0. The molecule has 1 aromatic heterocycles. The SMILES string of the molecule is CCCCCC(CCCNC(C)Cc1ccsc1)c1ccc(N)cc1. The molecule has 0 aliphatic heterocycles. The lowest BCUT2D eigenvalue weighted by atomic mass is 9.89. The number of nitrogens with one attached hydrogen (secondary N) is 1. The third-order valence-corrected chi connectivity index (χ3v) is 5.64. The van der Waals surface area contributed by atoms with E-state index in [-0.39, 0.29) is 0 Å².